The van der Waals surface area contributed by atoms with E-state index in [9.17, 15) is 13.2 Å². The number of amides is 1. The van der Waals surface area contributed by atoms with Crippen molar-refractivity contribution < 1.29 is 13.2 Å². The van der Waals surface area contributed by atoms with Gasteiger partial charge in [-0.2, -0.15) is 4.31 Å². The van der Waals surface area contributed by atoms with Crippen LogP contribution in [0.3, 0.4) is 0 Å². The number of carbonyl (C=O) groups is 1. The fourth-order valence-corrected chi connectivity index (χ4v) is 5.01. The molecule has 0 aliphatic carbocycles. The number of nitrogens with zero attached hydrogens (tertiary/aromatic N) is 1. The molecule has 0 fully saturated rings. The van der Waals surface area contributed by atoms with Crippen LogP contribution >= 0.6 is 34.8 Å². The van der Waals surface area contributed by atoms with Crippen molar-refractivity contribution in [2.75, 3.05) is 11.9 Å². The summed E-state index contributed by atoms with van der Waals surface area (Å²) in [5.74, 6) is -0.471. The van der Waals surface area contributed by atoms with Crippen molar-refractivity contribution in [1.82, 2.24) is 4.31 Å². The Morgan fingerprint density at radius 2 is 1.56 bits per heavy atom. The van der Waals surface area contributed by atoms with Crippen molar-refractivity contribution in [3.8, 4) is 0 Å². The Labute approximate surface area is 203 Å². The van der Waals surface area contributed by atoms with Gasteiger partial charge in [-0.1, -0.05) is 53.0 Å². The minimum atomic E-state index is -4.03. The predicted octanol–water partition coefficient (Wildman–Crippen LogP) is 6.09. The maximum atomic E-state index is 13.4. The normalized spacial score (nSPS) is 11.6. The average Bonchev–Trinajstić information content (AvgIpc) is 2.72. The number of benzene rings is 3. The van der Waals surface area contributed by atoms with E-state index in [0.29, 0.717) is 26.3 Å². The van der Waals surface area contributed by atoms with Crippen molar-refractivity contribution in [2.24, 2.45) is 0 Å². The molecule has 1 N–H and O–H groups in total. The van der Waals surface area contributed by atoms with Gasteiger partial charge in [-0.3, -0.25) is 4.79 Å². The summed E-state index contributed by atoms with van der Waals surface area (Å²) in [4.78, 5) is 12.9. The lowest BCUT2D eigenvalue weighted by molar-refractivity contribution is -0.116. The second-order valence-corrected chi connectivity index (χ2v) is 10.5. The smallest absolute Gasteiger partial charge is 0.243 e. The molecule has 0 saturated carbocycles. The van der Waals surface area contributed by atoms with E-state index in [4.69, 9.17) is 34.8 Å². The van der Waals surface area contributed by atoms with Crippen molar-refractivity contribution in [3.05, 3.63) is 92.4 Å². The van der Waals surface area contributed by atoms with E-state index in [0.717, 1.165) is 15.4 Å². The fourth-order valence-electron chi connectivity index (χ4n) is 3.04. The summed E-state index contributed by atoms with van der Waals surface area (Å²) in [5, 5.41) is 3.95. The Morgan fingerprint density at radius 1 is 0.906 bits per heavy atom. The van der Waals surface area contributed by atoms with Crippen LogP contribution in [0.25, 0.3) is 0 Å². The first kappa shape index (κ1) is 24.6. The van der Waals surface area contributed by atoms with Crippen LogP contribution in [0.15, 0.2) is 65.6 Å². The quantitative estimate of drug-likeness (QED) is 0.417. The molecule has 0 aliphatic heterocycles. The minimum Gasteiger partial charge on any atom is -0.325 e. The van der Waals surface area contributed by atoms with Gasteiger partial charge >= 0.3 is 0 Å². The molecule has 3 aromatic rings. The molecule has 32 heavy (non-hydrogen) atoms. The van der Waals surface area contributed by atoms with Crippen LogP contribution in [0.1, 0.15) is 16.7 Å². The Kier molecular flexibility index (Phi) is 7.85. The zero-order valence-corrected chi connectivity index (χ0v) is 20.5. The molecule has 0 heterocycles. The van der Waals surface area contributed by atoms with Crippen molar-refractivity contribution in [2.45, 2.75) is 25.3 Å². The molecule has 1 amide bonds. The van der Waals surface area contributed by atoms with Crippen LogP contribution in [-0.2, 0) is 21.4 Å². The lowest BCUT2D eigenvalue weighted by Gasteiger charge is -2.23. The molecular weight excluding hydrogens is 491 g/mol. The summed E-state index contributed by atoms with van der Waals surface area (Å²) in [6, 6.07) is 16.2. The lowest BCUT2D eigenvalue weighted by atomic mass is 10.1. The number of nitrogens with one attached hydrogen (secondary N) is 1. The molecule has 0 aromatic heterocycles. The van der Waals surface area contributed by atoms with Gasteiger partial charge < -0.3 is 5.32 Å². The third kappa shape index (κ3) is 6.03. The van der Waals surface area contributed by atoms with Crippen LogP contribution in [0.2, 0.25) is 15.1 Å². The maximum absolute atomic E-state index is 13.4. The standard InChI is InChI=1S/C23H21Cl3N2O3S/c1-15-3-4-16(2)22(11-15)27-23(29)14-28(13-17-5-6-19(25)12-21(17)26)32(30,31)20-9-7-18(24)8-10-20/h3-12H,13-14H2,1-2H3,(H,27,29). The van der Waals surface area contributed by atoms with Crippen LogP contribution in [-0.4, -0.2) is 25.2 Å². The Hall–Kier alpha value is -2.09. The maximum Gasteiger partial charge on any atom is 0.243 e. The largest absolute Gasteiger partial charge is 0.325 e. The third-order valence-electron chi connectivity index (χ3n) is 4.80. The molecule has 9 heteroatoms. The van der Waals surface area contributed by atoms with E-state index in [1.54, 1.807) is 12.1 Å². The molecule has 5 nitrogen and oxygen atoms in total. The van der Waals surface area contributed by atoms with Gasteiger partial charge in [-0.25, -0.2) is 8.42 Å². The van der Waals surface area contributed by atoms with Gasteiger partial charge in [0, 0.05) is 27.3 Å². The highest BCUT2D eigenvalue weighted by molar-refractivity contribution is 7.89. The second kappa shape index (κ2) is 10.2. The Morgan fingerprint density at radius 3 is 2.22 bits per heavy atom. The van der Waals surface area contributed by atoms with E-state index in [-0.39, 0.29) is 11.4 Å². The van der Waals surface area contributed by atoms with Gasteiger partial charge in [-0.15, -0.1) is 0 Å². The summed E-state index contributed by atoms with van der Waals surface area (Å²) in [6.45, 7) is 3.26. The molecule has 3 rings (SSSR count). The highest BCUT2D eigenvalue weighted by Gasteiger charge is 2.28. The molecule has 168 valence electrons. The zero-order chi connectivity index (χ0) is 23.5. The molecule has 0 radical (unpaired) electrons. The molecule has 3 aromatic carbocycles. The third-order valence-corrected chi connectivity index (χ3v) is 7.45. The topological polar surface area (TPSA) is 66.5 Å². The van der Waals surface area contributed by atoms with E-state index in [1.807, 2.05) is 32.0 Å². The number of hydrogen-bond acceptors (Lipinski definition) is 3. The molecule has 0 unspecified atom stereocenters. The first-order valence-corrected chi connectivity index (χ1v) is 12.2. The Balaban J connectivity index is 1.93. The summed E-state index contributed by atoms with van der Waals surface area (Å²) >= 11 is 18.1. The van der Waals surface area contributed by atoms with Crippen molar-refractivity contribution >= 4 is 56.4 Å². The summed E-state index contributed by atoms with van der Waals surface area (Å²) in [7, 11) is -4.03. The minimum absolute atomic E-state index is 0.0199. The van der Waals surface area contributed by atoms with E-state index in [2.05, 4.69) is 5.32 Å². The molecule has 0 atom stereocenters. The lowest BCUT2D eigenvalue weighted by Crippen LogP contribution is -2.37. The summed E-state index contributed by atoms with van der Waals surface area (Å²) in [5.41, 5.74) is 3.00. The van der Waals surface area contributed by atoms with E-state index in [1.165, 1.54) is 30.3 Å². The van der Waals surface area contributed by atoms with Crippen molar-refractivity contribution in [3.63, 3.8) is 0 Å². The Bertz CT molecular complexity index is 1250. The van der Waals surface area contributed by atoms with Crippen LogP contribution in [0.4, 0.5) is 5.69 Å². The average molecular weight is 512 g/mol. The predicted molar refractivity (Wildman–Crippen MR) is 130 cm³/mol. The molecule has 0 spiro atoms. The van der Waals surface area contributed by atoms with Gasteiger partial charge in [0.05, 0.1) is 11.4 Å². The van der Waals surface area contributed by atoms with Gasteiger partial charge in [0.15, 0.2) is 0 Å². The summed E-state index contributed by atoms with van der Waals surface area (Å²) in [6.07, 6.45) is 0. The fraction of sp³-hybridized carbons (Fsp3) is 0.174. The van der Waals surface area contributed by atoms with Gasteiger partial charge in [-0.05, 0) is 73.0 Å². The van der Waals surface area contributed by atoms with E-state index >= 15 is 0 Å². The molecule has 0 aliphatic rings. The number of anilines is 1. The van der Waals surface area contributed by atoms with Gasteiger partial charge in [0.1, 0.15) is 0 Å². The van der Waals surface area contributed by atoms with Crippen molar-refractivity contribution in [1.29, 1.82) is 0 Å². The molecule has 0 bridgehead atoms. The SMILES string of the molecule is Cc1ccc(C)c(NC(=O)CN(Cc2ccc(Cl)cc2Cl)S(=O)(=O)c2ccc(Cl)cc2)c1. The van der Waals surface area contributed by atoms with Gasteiger partial charge in [0.25, 0.3) is 0 Å². The number of sulfonamides is 1. The number of aryl methyl sites for hydroxylation is 2. The number of carbonyl (C=O) groups excluding carboxylic acids is 1. The first-order chi connectivity index (χ1) is 15.1. The van der Waals surface area contributed by atoms with E-state index < -0.39 is 22.5 Å². The summed E-state index contributed by atoms with van der Waals surface area (Å²) < 4.78 is 27.8. The second-order valence-electron chi connectivity index (χ2n) is 7.33. The molecule has 0 saturated heterocycles. The van der Waals surface area contributed by atoms with Crippen LogP contribution in [0.5, 0.6) is 0 Å². The number of halogens is 3. The highest BCUT2D eigenvalue weighted by Crippen LogP contribution is 2.26. The first-order valence-electron chi connectivity index (χ1n) is 9.63. The van der Waals surface area contributed by atoms with Crippen LogP contribution < -0.4 is 5.32 Å². The monoisotopic (exact) mass is 510 g/mol. The number of hydrogen-bond donors (Lipinski definition) is 1. The zero-order valence-electron chi connectivity index (χ0n) is 17.4. The number of rotatable bonds is 7. The van der Waals surface area contributed by atoms with Crippen LogP contribution in [0, 0.1) is 13.8 Å². The highest BCUT2D eigenvalue weighted by atomic mass is 35.5. The molecular formula is C23H21Cl3N2O3S. The van der Waals surface area contributed by atoms with Gasteiger partial charge in [0.2, 0.25) is 15.9 Å².